The fraction of sp³-hybridized carbons (Fsp3) is 0.143. The summed E-state index contributed by atoms with van der Waals surface area (Å²) in [4.78, 5) is 15.4. The van der Waals surface area contributed by atoms with Crippen molar-refractivity contribution in [3.05, 3.63) is 47.2 Å². The average molecular weight is 355 g/mol. The zero-order valence-electron chi connectivity index (χ0n) is 12.4. The van der Waals surface area contributed by atoms with Gasteiger partial charge in [-0.05, 0) is 30.7 Å². The van der Waals surface area contributed by atoms with Crippen LogP contribution in [-0.2, 0) is 10.0 Å². The topological polar surface area (TPSA) is 100 Å². The Bertz CT molecular complexity index is 840. The fourth-order valence-corrected chi connectivity index (χ4v) is 2.84. The normalized spacial score (nSPS) is 10.9. The van der Waals surface area contributed by atoms with Crippen molar-refractivity contribution in [3.8, 4) is 0 Å². The maximum atomic E-state index is 11.9. The van der Waals surface area contributed by atoms with Gasteiger partial charge in [0, 0.05) is 24.0 Å². The van der Waals surface area contributed by atoms with E-state index in [1.807, 2.05) is 0 Å². The van der Waals surface area contributed by atoms with E-state index in [9.17, 15) is 13.2 Å². The number of amides is 1. The maximum absolute atomic E-state index is 11.9. The Kier molecular flexibility index (Phi) is 5.07. The summed E-state index contributed by atoms with van der Waals surface area (Å²) in [7, 11) is -2.97. The molecule has 1 aromatic heterocycles. The summed E-state index contributed by atoms with van der Waals surface area (Å²) in [5, 5.41) is 4.55. The number of aryl methyl sites for hydroxylation is 1. The molecule has 0 aliphatic carbocycles. The quantitative estimate of drug-likeness (QED) is 0.783. The van der Waals surface area contributed by atoms with Gasteiger partial charge in [0.05, 0.1) is 17.6 Å². The van der Waals surface area contributed by atoms with Crippen LogP contribution in [0.1, 0.15) is 5.56 Å². The Hall–Kier alpha value is -2.32. The van der Waals surface area contributed by atoms with Crippen LogP contribution in [0, 0.1) is 6.92 Å². The second-order valence-corrected chi connectivity index (χ2v) is 6.68. The molecule has 0 unspecified atom stereocenters. The molecule has 9 heteroatoms. The third-order valence-electron chi connectivity index (χ3n) is 2.92. The molecule has 0 saturated carbocycles. The van der Waals surface area contributed by atoms with Gasteiger partial charge in [-0.25, -0.2) is 0 Å². The molecule has 0 bridgehead atoms. The van der Waals surface area contributed by atoms with Crippen LogP contribution in [0.4, 0.5) is 21.9 Å². The Morgan fingerprint density at radius 1 is 1.26 bits per heavy atom. The summed E-state index contributed by atoms with van der Waals surface area (Å²) in [6.45, 7) is 1.76. The minimum absolute atomic E-state index is 0.161. The van der Waals surface area contributed by atoms with Gasteiger partial charge in [0.15, 0.2) is 0 Å². The molecule has 0 aliphatic heterocycles. The Morgan fingerprint density at radius 2 is 2.00 bits per heavy atom. The first-order valence-corrected chi connectivity index (χ1v) is 8.41. The number of nitrogens with one attached hydrogen (secondary N) is 3. The number of halogens is 1. The molecule has 0 fully saturated rings. The van der Waals surface area contributed by atoms with Crippen molar-refractivity contribution in [2.45, 2.75) is 6.92 Å². The summed E-state index contributed by atoms with van der Waals surface area (Å²) in [6.07, 6.45) is 2.89. The third kappa shape index (κ3) is 4.11. The molecule has 2 rings (SSSR count). The molecule has 0 saturated heterocycles. The Morgan fingerprint density at radius 3 is 2.65 bits per heavy atom. The van der Waals surface area contributed by atoms with Gasteiger partial charge in [0.1, 0.15) is 0 Å². The molecule has 0 atom stereocenters. The molecular formula is C14H15ClN4O3S. The minimum atomic E-state index is -4.21. The number of rotatable bonds is 4. The smallest absolute Gasteiger partial charge is 0.353 e. The van der Waals surface area contributed by atoms with E-state index in [0.29, 0.717) is 22.0 Å². The number of carbonyl (C=O) groups is 1. The van der Waals surface area contributed by atoms with Gasteiger partial charge in [-0.2, -0.15) is 8.42 Å². The molecule has 1 amide bonds. The second-order valence-electron chi connectivity index (χ2n) is 4.66. The van der Waals surface area contributed by atoms with Crippen molar-refractivity contribution in [2.24, 2.45) is 0 Å². The van der Waals surface area contributed by atoms with Gasteiger partial charge >= 0.3 is 15.3 Å². The first-order chi connectivity index (χ1) is 10.8. The molecule has 122 valence electrons. The first-order valence-electron chi connectivity index (χ1n) is 6.55. The van der Waals surface area contributed by atoms with Crippen LogP contribution in [0.25, 0.3) is 0 Å². The number of pyridine rings is 1. The van der Waals surface area contributed by atoms with Crippen molar-refractivity contribution in [1.82, 2.24) is 10.3 Å². The predicted octanol–water partition coefficient (Wildman–Crippen LogP) is 2.87. The Labute approximate surface area is 139 Å². The van der Waals surface area contributed by atoms with Gasteiger partial charge in [0.25, 0.3) is 0 Å². The maximum Gasteiger partial charge on any atom is 0.356 e. The molecule has 0 aliphatic rings. The van der Waals surface area contributed by atoms with Crippen molar-refractivity contribution in [2.75, 3.05) is 17.1 Å². The van der Waals surface area contributed by atoms with Crippen molar-refractivity contribution < 1.29 is 13.2 Å². The lowest BCUT2D eigenvalue weighted by Crippen LogP contribution is -2.31. The SMILES string of the molecule is CNC(=O)S(=O)(=O)Nc1cncc(C)c1Nc1cccc(Cl)c1. The first kappa shape index (κ1) is 17.0. The monoisotopic (exact) mass is 354 g/mol. The van der Waals surface area contributed by atoms with E-state index < -0.39 is 15.3 Å². The van der Waals surface area contributed by atoms with Crippen molar-refractivity contribution in [3.63, 3.8) is 0 Å². The van der Waals surface area contributed by atoms with Crippen LogP contribution in [0.3, 0.4) is 0 Å². The summed E-state index contributed by atoms with van der Waals surface area (Å²) in [5.74, 6) is 0. The molecule has 0 spiro atoms. The van der Waals surface area contributed by atoms with Crippen LogP contribution < -0.4 is 15.4 Å². The molecule has 1 aromatic carbocycles. The lowest BCUT2D eigenvalue weighted by molar-refractivity contribution is 0.260. The van der Waals surface area contributed by atoms with E-state index in [4.69, 9.17) is 11.6 Å². The third-order valence-corrected chi connectivity index (χ3v) is 4.34. The van der Waals surface area contributed by atoms with E-state index in [1.165, 1.54) is 13.2 Å². The number of nitrogens with zero attached hydrogens (tertiary/aromatic N) is 1. The summed E-state index contributed by atoms with van der Waals surface area (Å²) in [5.41, 5.74) is 2.01. The number of sulfonamides is 1. The van der Waals surface area contributed by atoms with Gasteiger partial charge in [-0.3, -0.25) is 14.5 Å². The highest BCUT2D eigenvalue weighted by Crippen LogP contribution is 2.29. The molecule has 2 aromatic rings. The van der Waals surface area contributed by atoms with Gasteiger partial charge < -0.3 is 10.6 Å². The van der Waals surface area contributed by atoms with Crippen molar-refractivity contribution >= 4 is 43.9 Å². The number of hydrogen-bond donors (Lipinski definition) is 3. The summed E-state index contributed by atoms with van der Waals surface area (Å²) in [6, 6.07) is 6.96. The zero-order valence-corrected chi connectivity index (χ0v) is 14.0. The predicted molar refractivity (Wildman–Crippen MR) is 90.7 cm³/mol. The van der Waals surface area contributed by atoms with E-state index in [0.717, 1.165) is 0 Å². The standard InChI is InChI=1S/C14H15ClN4O3S/c1-9-7-17-8-12(19-23(21,22)14(20)16-2)13(9)18-11-5-3-4-10(15)6-11/h3-8,19H,1-2H3,(H,16,20)(H,17,18). The minimum Gasteiger partial charge on any atom is -0.353 e. The van der Waals surface area contributed by atoms with E-state index >= 15 is 0 Å². The van der Waals surface area contributed by atoms with Gasteiger partial charge in [0.2, 0.25) is 0 Å². The van der Waals surface area contributed by atoms with Crippen LogP contribution in [0.5, 0.6) is 0 Å². The molecule has 3 N–H and O–H groups in total. The number of carbonyl (C=O) groups excluding carboxylic acids is 1. The highest BCUT2D eigenvalue weighted by Gasteiger charge is 2.22. The molecule has 1 heterocycles. The Balaban J connectivity index is 2.39. The molecular weight excluding hydrogens is 340 g/mol. The molecule has 0 radical (unpaired) electrons. The van der Waals surface area contributed by atoms with E-state index in [-0.39, 0.29) is 5.69 Å². The van der Waals surface area contributed by atoms with E-state index in [2.05, 4.69) is 20.3 Å². The lowest BCUT2D eigenvalue weighted by Gasteiger charge is -2.15. The zero-order chi connectivity index (χ0) is 17.0. The molecule has 7 nitrogen and oxygen atoms in total. The fourth-order valence-electron chi connectivity index (χ4n) is 1.84. The highest BCUT2D eigenvalue weighted by molar-refractivity contribution is 8.07. The number of aromatic nitrogens is 1. The highest BCUT2D eigenvalue weighted by atomic mass is 35.5. The number of benzene rings is 1. The van der Waals surface area contributed by atoms with Crippen LogP contribution >= 0.6 is 11.6 Å². The summed E-state index contributed by atoms with van der Waals surface area (Å²) < 4.78 is 26.0. The van der Waals surface area contributed by atoms with Gasteiger partial charge in [-0.1, -0.05) is 17.7 Å². The van der Waals surface area contributed by atoms with E-state index in [1.54, 1.807) is 37.4 Å². The summed E-state index contributed by atoms with van der Waals surface area (Å²) >= 11 is 5.94. The average Bonchev–Trinajstić information content (AvgIpc) is 2.49. The largest absolute Gasteiger partial charge is 0.356 e. The van der Waals surface area contributed by atoms with Gasteiger partial charge in [-0.15, -0.1) is 0 Å². The van der Waals surface area contributed by atoms with Crippen LogP contribution in [-0.4, -0.2) is 25.7 Å². The molecule has 23 heavy (non-hydrogen) atoms. The number of anilines is 3. The van der Waals surface area contributed by atoms with Crippen LogP contribution in [0.2, 0.25) is 5.02 Å². The lowest BCUT2D eigenvalue weighted by atomic mass is 10.2. The number of hydrogen-bond acceptors (Lipinski definition) is 5. The van der Waals surface area contributed by atoms with Crippen molar-refractivity contribution in [1.29, 1.82) is 0 Å². The van der Waals surface area contributed by atoms with Crippen LogP contribution in [0.15, 0.2) is 36.7 Å². The second kappa shape index (κ2) is 6.84.